The fraction of sp³-hybridized carbons (Fsp3) is 0.263. The minimum atomic E-state index is -3.80. The van der Waals surface area contributed by atoms with Crippen LogP contribution in [-0.4, -0.2) is 41.6 Å². The van der Waals surface area contributed by atoms with Gasteiger partial charge in [0.1, 0.15) is 0 Å². The Morgan fingerprint density at radius 1 is 1.28 bits per heavy atom. The Kier molecular flexibility index (Phi) is 6.67. The van der Waals surface area contributed by atoms with Crippen LogP contribution in [0.2, 0.25) is 0 Å². The Morgan fingerprint density at radius 3 is 2.66 bits per heavy atom. The summed E-state index contributed by atoms with van der Waals surface area (Å²) >= 11 is 4.83. The van der Waals surface area contributed by atoms with Crippen molar-refractivity contribution in [2.75, 3.05) is 12.8 Å². The van der Waals surface area contributed by atoms with E-state index >= 15 is 0 Å². The molecule has 0 unspecified atom stereocenters. The van der Waals surface area contributed by atoms with Gasteiger partial charge in [-0.25, -0.2) is 18.5 Å². The molecular formula is C19H21BrN4O3S2. The molecule has 0 radical (unpaired) electrons. The van der Waals surface area contributed by atoms with Gasteiger partial charge in [0.25, 0.3) is 0 Å². The van der Waals surface area contributed by atoms with Crippen molar-refractivity contribution < 1.29 is 13.2 Å². The third kappa shape index (κ3) is 5.00. The highest BCUT2D eigenvalue weighted by Crippen LogP contribution is 2.26. The van der Waals surface area contributed by atoms with Crippen molar-refractivity contribution in [1.29, 1.82) is 0 Å². The maximum Gasteiger partial charge on any atom is 0.238 e. The predicted octanol–water partition coefficient (Wildman–Crippen LogP) is 3.22. The van der Waals surface area contributed by atoms with Crippen molar-refractivity contribution in [2.45, 2.75) is 30.1 Å². The summed E-state index contributed by atoms with van der Waals surface area (Å²) in [5, 5.41) is 5.87. The van der Waals surface area contributed by atoms with E-state index in [1.54, 1.807) is 18.0 Å². The smallest absolute Gasteiger partial charge is 0.238 e. The van der Waals surface area contributed by atoms with Crippen molar-refractivity contribution in [3.63, 3.8) is 0 Å². The normalized spacial score (nSPS) is 11.7. The van der Waals surface area contributed by atoms with Gasteiger partial charge in [-0.1, -0.05) is 45.9 Å². The number of imidazole rings is 1. The number of nitrogens with two attached hydrogens (primary N) is 1. The highest BCUT2D eigenvalue weighted by molar-refractivity contribution is 9.10. The van der Waals surface area contributed by atoms with Crippen molar-refractivity contribution in [3.05, 3.63) is 52.5 Å². The topological polar surface area (TPSA) is 98.3 Å². The predicted molar refractivity (Wildman–Crippen MR) is 118 cm³/mol. The first kappa shape index (κ1) is 21.8. The van der Waals surface area contributed by atoms with Crippen LogP contribution in [0.1, 0.15) is 12.5 Å². The second-order valence-electron chi connectivity index (χ2n) is 6.46. The molecule has 154 valence electrons. The van der Waals surface area contributed by atoms with Gasteiger partial charge in [0.15, 0.2) is 5.16 Å². The minimum absolute atomic E-state index is 0.0200. The number of primary sulfonamides is 1. The molecule has 0 saturated carbocycles. The highest BCUT2D eigenvalue weighted by atomic mass is 79.9. The molecule has 29 heavy (non-hydrogen) atoms. The number of rotatable bonds is 7. The number of carbonyl (C=O) groups is 1. The zero-order valence-electron chi connectivity index (χ0n) is 16.0. The number of carbonyl (C=O) groups excluding carboxylic acids is 1. The third-order valence-corrected chi connectivity index (χ3v) is 7.09. The van der Waals surface area contributed by atoms with Gasteiger partial charge in [0.05, 0.1) is 21.7 Å². The van der Waals surface area contributed by atoms with Gasteiger partial charge in [-0.15, -0.1) is 0 Å². The number of hydrogen-bond acceptors (Lipinski definition) is 5. The van der Waals surface area contributed by atoms with Crippen molar-refractivity contribution in [3.8, 4) is 0 Å². The fourth-order valence-electron chi connectivity index (χ4n) is 2.89. The summed E-state index contributed by atoms with van der Waals surface area (Å²) in [6.45, 7) is 3.12. The van der Waals surface area contributed by atoms with E-state index in [1.165, 1.54) is 23.9 Å². The molecule has 0 saturated heterocycles. The SMILES string of the molecule is CCn1c(SCC(=O)N(C)Cc2ccccc2Br)nc2cc(S(N)(=O)=O)ccc21. The first-order valence-electron chi connectivity index (χ1n) is 8.84. The number of aryl methyl sites for hydroxylation is 1. The van der Waals surface area contributed by atoms with Gasteiger partial charge in [0, 0.05) is 24.6 Å². The van der Waals surface area contributed by atoms with Gasteiger partial charge >= 0.3 is 0 Å². The van der Waals surface area contributed by atoms with Gasteiger partial charge in [-0.05, 0) is 36.8 Å². The number of nitrogens with zero attached hydrogens (tertiary/aromatic N) is 3. The second kappa shape index (κ2) is 8.86. The maximum atomic E-state index is 12.6. The van der Waals surface area contributed by atoms with Gasteiger partial charge < -0.3 is 9.47 Å². The molecular weight excluding hydrogens is 476 g/mol. The molecule has 0 aliphatic carbocycles. The lowest BCUT2D eigenvalue weighted by Crippen LogP contribution is -2.28. The lowest BCUT2D eigenvalue weighted by Gasteiger charge is -2.18. The van der Waals surface area contributed by atoms with Crippen molar-refractivity contribution in [2.24, 2.45) is 5.14 Å². The summed E-state index contributed by atoms with van der Waals surface area (Å²) in [5.41, 5.74) is 2.37. The van der Waals surface area contributed by atoms with Crippen LogP contribution < -0.4 is 5.14 Å². The molecule has 7 nitrogen and oxygen atoms in total. The van der Waals surface area contributed by atoms with Crippen LogP contribution in [0.15, 0.2) is 57.0 Å². The highest BCUT2D eigenvalue weighted by Gasteiger charge is 2.17. The molecule has 10 heteroatoms. The van der Waals surface area contributed by atoms with E-state index in [9.17, 15) is 13.2 Å². The van der Waals surface area contributed by atoms with E-state index in [2.05, 4.69) is 20.9 Å². The molecule has 0 spiro atoms. The van der Waals surface area contributed by atoms with E-state index in [0.29, 0.717) is 23.8 Å². The quantitative estimate of drug-likeness (QED) is 0.506. The third-order valence-electron chi connectivity index (χ3n) is 4.45. The molecule has 0 aliphatic rings. The molecule has 0 bridgehead atoms. The van der Waals surface area contributed by atoms with Gasteiger partial charge in [-0.2, -0.15) is 0 Å². The lowest BCUT2D eigenvalue weighted by atomic mass is 10.2. The molecule has 0 fully saturated rings. The van der Waals surface area contributed by atoms with Crippen LogP contribution >= 0.6 is 27.7 Å². The van der Waals surface area contributed by atoms with Crippen LogP contribution in [0, 0.1) is 0 Å². The summed E-state index contributed by atoms with van der Waals surface area (Å²) in [6, 6.07) is 12.4. The summed E-state index contributed by atoms with van der Waals surface area (Å²) in [4.78, 5) is 18.8. The van der Waals surface area contributed by atoms with E-state index in [4.69, 9.17) is 5.14 Å². The minimum Gasteiger partial charge on any atom is -0.341 e. The molecule has 1 amide bonds. The average molecular weight is 497 g/mol. The standard InChI is InChI=1S/C19H21BrN4O3S2/c1-3-24-17-9-8-14(29(21,26)27)10-16(17)22-19(24)28-12-18(25)23(2)11-13-6-4-5-7-15(13)20/h4-10H,3,11-12H2,1-2H3,(H2,21,26,27). The first-order chi connectivity index (χ1) is 13.7. The van der Waals surface area contributed by atoms with Crippen LogP contribution in [0.3, 0.4) is 0 Å². The summed E-state index contributed by atoms with van der Waals surface area (Å²) in [6.07, 6.45) is 0. The van der Waals surface area contributed by atoms with E-state index in [1.807, 2.05) is 35.8 Å². The number of fused-ring (bicyclic) bond motifs is 1. The summed E-state index contributed by atoms with van der Waals surface area (Å²) in [5.74, 6) is 0.206. The van der Waals surface area contributed by atoms with Crippen molar-refractivity contribution in [1.82, 2.24) is 14.5 Å². The Hall–Kier alpha value is -1.88. The lowest BCUT2D eigenvalue weighted by molar-refractivity contribution is -0.127. The largest absolute Gasteiger partial charge is 0.341 e. The number of benzene rings is 2. The molecule has 3 rings (SSSR count). The van der Waals surface area contributed by atoms with E-state index < -0.39 is 10.0 Å². The number of thioether (sulfide) groups is 1. The number of sulfonamides is 1. The average Bonchev–Trinajstić information content (AvgIpc) is 3.03. The Bertz CT molecular complexity index is 1160. The molecule has 2 N–H and O–H groups in total. The van der Waals surface area contributed by atoms with Crippen molar-refractivity contribution >= 4 is 54.7 Å². The van der Waals surface area contributed by atoms with Crippen LogP contribution in [0.25, 0.3) is 11.0 Å². The number of hydrogen-bond donors (Lipinski definition) is 1. The van der Waals surface area contributed by atoms with Gasteiger partial charge in [0.2, 0.25) is 15.9 Å². The second-order valence-corrected chi connectivity index (χ2v) is 9.82. The summed E-state index contributed by atoms with van der Waals surface area (Å²) in [7, 11) is -2.03. The first-order valence-corrected chi connectivity index (χ1v) is 12.2. The Morgan fingerprint density at radius 2 is 2.00 bits per heavy atom. The maximum absolute atomic E-state index is 12.6. The Labute approximate surface area is 182 Å². The van der Waals surface area contributed by atoms with E-state index in [0.717, 1.165) is 15.6 Å². The summed E-state index contributed by atoms with van der Waals surface area (Å²) < 4.78 is 26.1. The number of amides is 1. The van der Waals surface area contributed by atoms with Crippen LogP contribution in [0.5, 0.6) is 0 Å². The molecule has 3 aromatic rings. The van der Waals surface area contributed by atoms with Crippen LogP contribution in [-0.2, 0) is 27.9 Å². The van der Waals surface area contributed by atoms with E-state index in [-0.39, 0.29) is 16.6 Å². The zero-order chi connectivity index (χ0) is 21.2. The molecule has 2 aromatic carbocycles. The monoisotopic (exact) mass is 496 g/mol. The molecule has 1 aromatic heterocycles. The number of aromatic nitrogens is 2. The molecule has 0 aliphatic heterocycles. The molecule has 1 heterocycles. The zero-order valence-corrected chi connectivity index (χ0v) is 19.2. The fourth-order valence-corrected chi connectivity index (χ4v) is 4.85. The molecule has 0 atom stereocenters. The Balaban J connectivity index is 1.75. The number of halogens is 1. The van der Waals surface area contributed by atoms with Gasteiger partial charge in [-0.3, -0.25) is 4.79 Å². The van der Waals surface area contributed by atoms with Crippen LogP contribution in [0.4, 0.5) is 0 Å².